The molecule has 4 heteroatoms. The lowest BCUT2D eigenvalue weighted by atomic mass is 10.1. The van der Waals surface area contributed by atoms with Crippen LogP contribution in [0.2, 0.25) is 10.0 Å². The van der Waals surface area contributed by atoms with Crippen molar-refractivity contribution in [2.45, 2.75) is 13.8 Å². The minimum Gasteiger partial charge on any atom is -0.369 e. The van der Waals surface area contributed by atoms with Crippen LogP contribution in [0.25, 0.3) is 11.3 Å². The molecule has 0 unspecified atom stereocenters. The number of nitrogens with one attached hydrogen (secondary N) is 1. The minimum absolute atomic E-state index is 0.541. The summed E-state index contributed by atoms with van der Waals surface area (Å²) in [7, 11) is 0. The summed E-state index contributed by atoms with van der Waals surface area (Å²) in [4.78, 5) is 4.52. The molecule has 0 aliphatic carbocycles. The van der Waals surface area contributed by atoms with Gasteiger partial charge in [0.15, 0.2) is 0 Å². The Bertz CT molecular complexity index is 568. The fraction of sp³-hybridized carbons (Fsp3) is 0.214. The molecule has 1 heterocycles. The average Bonchev–Trinajstić information content (AvgIpc) is 2.34. The maximum Gasteiger partial charge on any atom is 0.145 e. The highest BCUT2D eigenvalue weighted by molar-refractivity contribution is 6.37. The quantitative estimate of drug-likeness (QED) is 0.874. The number of hydrogen-bond acceptors (Lipinski definition) is 2. The predicted molar refractivity (Wildman–Crippen MR) is 78.6 cm³/mol. The number of anilines is 1. The van der Waals surface area contributed by atoms with Crippen LogP contribution in [-0.4, -0.2) is 11.5 Å². The Morgan fingerprint density at radius 2 is 1.89 bits per heavy atom. The van der Waals surface area contributed by atoms with Crippen LogP contribution in [0.1, 0.15) is 12.5 Å². The molecule has 2 rings (SSSR count). The van der Waals surface area contributed by atoms with Gasteiger partial charge in [0.05, 0.1) is 15.7 Å². The molecular formula is C14H14Cl2N2. The predicted octanol–water partition coefficient (Wildman–Crippen LogP) is 4.80. The van der Waals surface area contributed by atoms with Crippen molar-refractivity contribution in [2.24, 2.45) is 0 Å². The van der Waals surface area contributed by atoms with Gasteiger partial charge in [-0.1, -0.05) is 47.5 Å². The van der Waals surface area contributed by atoms with Gasteiger partial charge in [0.1, 0.15) is 5.82 Å². The summed E-state index contributed by atoms with van der Waals surface area (Å²) in [6.45, 7) is 4.80. The van der Waals surface area contributed by atoms with Crippen LogP contribution in [0, 0.1) is 6.92 Å². The fourth-order valence-electron chi connectivity index (χ4n) is 1.79. The lowest BCUT2D eigenvalue weighted by molar-refractivity contribution is 1.16. The van der Waals surface area contributed by atoms with Crippen LogP contribution in [0.3, 0.4) is 0 Å². The summed E-state index contributed by atoms with van der Waals surface area (Å²) in [6.07, 6.45) is 0. The van der Waals surface area contributed by atoms with Gasteiger partial charge in [-0.2, -0.15) is 0 Å². The highest BCUT2D eigenvalue weighted by atomic mass is 35.5. The van der Waals surface area contributed by atoms with Crippen molar-refractivity contribution in [2.75, 3.05) is 11.9 Å². The van der Waals surface area contributed by atoms with Gasteiger partial charge in [-0.15, -0.1) is 0 Å². The largest absolute Gasteiger partial charge is 0.369 e. The molecule has 0 aliphatic rings. The van der Waals surface area contributed by atoms with Gasteiger partial charge in [-0.3, -0.25) is 0 Å². The van der Waals surface area contributed by atoms with E-state index in [1.54, 1.807) is 6.07 Å². The Kier molecular flexibility index (Phi) is 4.10. The highest BCUT2D eigenvalue weighted by Crippen LogP contribution is 2.33. The second kappa shape index (κ2) is 5.59. The van der Waals surface area contributed by atoms with E-state index in [1.165, 1.54) is 0 Å². The van der Waals surface area contributed by atoms with E-state index in [9.17, 15) is 0 Å². The molecule has 0 radical (unpaired) electrons. The van der Waals surface area contributed by atoms with E-state index < -0.39 is 0 Å². The number of nitrogens with zero attached hydrogens (tertiary/aromatic N) is 1. The number of benzene rings is 1. The Hall–Kier alpha value is -1.25. The number of aryl methyl sites for hydroxylation is 1. The molecule has 2 aromatic rings. The number of hydrogen-bond donors (Lipinski definition) is 1. The van der Waals surface area contributed by atoms with Crippen molar-refractivity contribution in [3.8, 4) is 11.3 Å². The highest BCUT2D eigenvalue weighted by Gasteiger charge is 2.12. The Balaban J connectivity index is 2.57. The zero-order valence-corrected chi connectivity index (χ0v) is 11.8. The first-order chi connectivity index (χ1) is 8.63. The van der Waals surface area contributed by atoms with Gasteiger partial charge in [-0.05, 0) is 25.5 Å². The molecule has 18 heavy (non-hydrogen) atoms. The fourth-order valence-corrected chi connectivity index (χ4v) is 2.31. The first-order valence-electron chi connectivity index (χ1n) is 5.79. The standard InChI is InChI=1S/C14H14Cl2N2/c1-3-17-14-12(16)8-11(15)13(18-14)10-7-5-4-6-9(10)2/h4-8H,3H2,1-2H3,(H,17,18). The van der Waals surface area contributed by atoms with Crippen LogP contribution in [0.4, 0.5) is 5.82 Å². The normalized spacial score (nSPS) is 10.4. The molecule has 1 N–H and O–H groups in total. The minimum atomic E-state index is 0.541. The zero-order valence-electron chi connectivity index (χ0n) is 10.3. The van der Waals surface area contributed by atoms with E-state index in [0.717, 1.165) is 23.4 Å². The van der Waals surface area contributed by atoms with Crippen molar-refractivity contribution in [1.29, 1.82) is 0 Å². The lowest BCUT2D eigenvalue weighted by Gasteiger charge is -2.11. The maximum atomic E-state index is 6.23. The third kappa shape index (κ3) is 2.60. The van der Waals surface area contributed by atoms with E-state index in [2.05, 4.69) is 10.3 Å². The molecule has 0 amide bonds. The second-order valence-corrected chi connectivity index (χ2v) is 4.81. The van der Waals surface area contributed by atoms with E-state index in [0.29, 0.717) is 15.9 Å². The summed E-state index contributed by atoms with van der Waals surface area (Å²) in [6, 6.07) is 9.74. The molecular weight excluding hydrogens is 267 g/mol. The molecule has 1 aromatic carbocycles. The van der Waals surface area contributed by atoms with Crippen LogP contribution < -0.4 is 5.32 Å². The molecule has 0 atom stereocenters. The smallest absolute Gasteiger partial charge is 0.145 e. The summed E-state index contributed by atoms with van der Waals surface area (Å²) >= 11 is 12.3. The van der Waals surface area contributed by atoms with E-state index in [1.807, 2.05) is 38.1 Å². The van der Waals surface area contributed by atoms with Crippen molar-refractivity contribution >= 4 is 29.0 Å². The monoisotopic (exact) mass is 280 g/mol. The van der Waals surface area contributed by atoms with Crippen LogP contribution in [-0.2, 0) is 0 Å². The van der Waals surface area contributed by atoms with Gasteiger partial charge >= 0.3 is 0 Å². The zero-order chi connectivity index (χ0) is 13.1. The number of halogens is 2. The van der Waals surface area contributed by atoms with Crippen molar-refractivity contribution in [3.05, 3.63) is 45.9 Å². The summed E-state index contributed by atoms with van der Waals surface area (Å²) in [5, 5.41) is 4.24. The van der Waals surface area contributed by atoms with Crippen LogP contribution >= 0.6 is 23.2 Å². The maximum absolute atomic E-state index is 6.23. The summed E-state index contributed by atoms with van der Waals surface area (Å²) in [5.41, 5.74) is 2.92. The van der Waals surface area contributed by atoms with Gasteiger partial charge < -0.3 is 5.32 Å². The number of aromatic nitrogens is 1. The van der Waals surface area contributed by atoms with Gasteiger partial charge in [0, 0.05) is 12.1 Å². The SMILES string of the molecule is CCNc1nc(-c2ccccc2C)c(Cl)cc1Cl. The first kappa shape index (κ1) is 13.2. The third-order valence-corrected chi connectivity index (χ3v) is 3.25. The van der Waals surface area contributed by atoms with E-state index >= 15 is 0 Å². The molecule has 94 valence electrons. The molecule has 0 saturated carbocycles. The molecule has 1 aromatic heterocycles. The second-order valence-electron chi connectivity index (χ2n) is 3.99. The van der Waals surface area contributed by atoms with Gasteiger partial charge in [-0.25, -0.2) is 4.98 Å². The Labute approximate surface area is 117 Å². The third-order valence-electron chi connectivity index (χ3n) is 2.67. The molecule has 0 aliphatic heterocycles. The number of pyridine rings is 1. The average molecular weight is 281 g/mol. The Morgan fingerprint density at radius 3 is 2.56 bits per heavy atom. The molecule has 2 nitrogen and oxygen atoms in total. The molecule has 0 fully saturated rings. The first-order valence-corrected chi connectivity index (χ1v) is 6.55. The van der Waals surface area contributed by atoms with Crippen molar-refractivity contribution in [1.82, 2.24) is 4.98 Å². The lowest BCUT2D eigenvalue weighted by Crippen LogP contribution is -2.01. The molecule has 0 spiro atoms. The molecule has 0 saturated heterocycles. The van der Waals surface area contributed by atoms with Crippen LogP contribution in [0.5, 0.6) is 0 Å². The van der Waals surface area contributed by atoms with Crippen molar-refractivity contribution in [3.63, 3.8) is 0 Å². The van der Waals surface area contributed by atoms with Gasteiger partial charge in [0.2, 0.25) is 0 Å². The van der Waals surface area contributed by atoms with E-state index in [-0.39, 0.29) is 0 Å². The summed E-state index contributed by atoms with van der Waals surface area (Å²) < 4.78 is 0. The van der Waals surface area contributed by atoms with Gasteiger partial charge in [0.25, 0.3) is 0 Å². The van der Waals surface area contributed by atoms with E-state index in [4.69, 9.17) is 23.2 Å². The van der Waals surface area contributed by atoms with Crippen LogP contribution in [0.15, 0.2) is 30.3 Å². The molecule has 0 bridgehead atoms. The van der Waals surface area contributed by atoms with Crippen molar-refractivity contribution < 1.29 is 0 Å². The Morgan fingerprint density at radius 1 is 1.17 bits per heavy atom. The number of rotatable bonds is 3. The topological polar surface area (TPSA) is 24.9 Å². The summed E-state index contributed by atoms with van der Waals surface area (Å²) in [5.74, 6) is 0.668.